The summed E-state index contributed by atoms with van der Waals surface area (Å²) in [6, 6.07) is 8.12. The molecule has 0 aliphatic rings. The number of rotatable bonds is 4. The fraction of sp³-hybridized carbons (Fsp3) is 0.333. The lowest BCUT2D eigenvalue weighted by Crippen LogP contribution is -2.27. The van der Waals surface area contributed by atoms with Gasteiger partial charge in [0.25, 0.3) is 0 Å². The van der Waals surface area contributed by atoms with Crippen molar-refractivity contribution >= 4 is 11.4 Å². The summed E-state index contributed by atoms with van der Waals surface area (Å²) in [5.41, 5.74) is 2.11. The van der Waals surface area contributed by atoms with Crippen LogP contribution < -0.4 is 10.6 Å². The molecule has 0 aliphatic carbocycles. The highest BCUT2D eigenvalue weighted by atomic mass is 15.0. The van der Waals surface area contributed by atoms with Gasteiger partial charge in [-0.3, -0.25) is 0 Å². The summed E-state index contributed by atoms with van der Waals surface area (Å²) >= 11 is 0. The van der Waals surface area contributed by atoms with E-state index in [-0.39, 0.29) is 5.54 Å². The number of anilines is 2. The van der Waals surface area contributed by atoms with Crippen molar-refractivity contribution in [3.05, 3.63) is 36.9 Å². The summed E-state index contributed by atoms with van der Waals surface area (Å²) in [5.74, 6) is 0. The van der Waals surface area contributed by atoms with Crippen LogP contribution in [0.3, 0.4) is 0 Å². The summed E-state index contributed by atoms with van der Waals surface area (Å²) in [7, 11) is 1.92. The zero-order valence-corrected chi connectivity index (χ0v) is 9.09. The molecule has 0 fully saturated rings. The third kappa shape index (κ3) is 2.52. The van der Waals surface area contributed by atoms with Crippen LogP contribution in [0.25, 0.3) is 0 Å². The van der Waals surface area contributed by atoms with Crippen molar-refractivity contribution in [2.75, 3.05) is 17.7 Å². The zero-order chi connectivity index (χ0) is 10.6. The second-order valence-corrected chi connectivity index (χ2v) is 3.85. The highest BCUT2D eigenvalue weighted by Gasteiger charge is 2.13. The lowest BCUT2D eigenvalue weighted by molar-refractivity contribution is 0.715. The van der Waals surface area contributed by atoms with E-state index < -0.39 is 0 Å². The van der Waals surface area contributed by atoms with Gasteiger partial charge in [-0.2, -0.15) is 0 Å². The fourth-order valence-electron chi connectivity index (χ4n) is 1.21. The predicted molar refractivity (Wildman–Crippen MR) is 63.9 cm³/mol. The number of benzene rings is 1. The van der Waals surface area contributed by atoms with E-state index in [9.17, 15) is 0 Å². The lowest BCUT2D eigenvalue weighted by Gasteiger charge is -2.24. The summed E-state index contributed by atoms with van der Waals surface area (Å²) in [6.07, 6.45) is 1.90. The molecule has 0 aromatic heterocycles. The zero-order valence-electron chi connectivity index (χ0n) is 9.09. The molecule has 0 amide bonds. The molecule has 76 valence electrons. The van der Waals surface area contributed by atoms with Gasteiger partial charge in [-0.05, 0) is 26.0 Å². The van der Waals surface area contributed by atoms with Crippen molar-refractivity contribution < 1.29 is 0 Å². The molecule has 0 heterocycles. The third-order valence-corrected chi connectivity index (χ3v) is 2.16. The van der Waals surface area contributed by atoms with Crippen molar-refractivity contribution in [1.29, 1.82) is 0 Å². The van der Waals surface area contributed by atoms with Crippen LogP contribution >= 0.6 is 0 Å². The Morgan fingerprint density at radius 3 is 2.29 bits per heavy atom. The van der Waals surface area contributed by atoms with Gasteiger partial charge in [0.15, 0.2) is 0 Å². The van der Waals surface area contributed by atoms with Crippen LogP contribution in [-0.4, -0.2) is 12.6 Å². The van der Waals surface area contributed by atoms with Crippen LogP contribution in [0.4, 0.5) is 11.4 Å². The van der Waals surface area contributed by atoms with Crippen LogP contribution in [0.15, 0.2) is 36.9 Å². The standard InChI is InChI=1S/C12H18N2/c1-5-12(2,3)14-11-9-7-6-8-10(11)13-4/h5-9,13-14H,1H2,2-4H3. The van der Waals surface area contributed by atoms with Crippen LogP contribution in [0, 0.1) is 0 Å². The fourth-order valence-corrected chi connectivity index (χ4v) is 1.21. The molecule has 1 aromatic carbocycles. The maximum Gasteiger partial charge on any atom is 0.0582 e. The van der Waals surface area contributed by atoms with E-state index in [2.05, 4.69) is 37.1 Å². The Morgan fingerprint density at radius 2 is 1.79 bits per heavy atom. The molecule has 0 saturated carbocycles. The van der Waals surface area contributed by atoms with E-state index in [1.807, 2.05) is 31.3 Å². The van der Waals surface area contributed by atoms with Gasteiger partial charge < -0.3 is 10.6 Å². The highest BCUT2D eigenvalue weighted by Crippen LogP contribution is 2.24. The maximum absolute atomic E-state index is 3.80. The summed E-state index contributed by atoms with van der Waals surface area (Å²) in [5, 5.41) is 6.55. The van der Waals surface area contributed by atoms with E-state index in [4.69, 9.17) is 0 Å². The van der Waals surface area contributed by atoms with E-state index >= 15 is 0 Å². The van der Waals surface area contributed by atoms with E-state index in [1.165, 1.54) is 0 Å². The Labute approximate surface area is 86.0 Å². The molecule has 0 saturated heterocycles. The number of para-hydroxylation sites is 2. The minimum atomic E-state index is -0.0903. The van der Waals surface area contributed by atoms with Crippen LogP contribution in [0.5, 0.6) is 0 Å². The summed E-state index contributed by atoms with van der Waals surface area (Å²) < 4.78 is 0. The van der Waals surface area contributed by atoms with Gasteiger partial charge in [-0.15, -0.1) is 6.58 Å². The topological polar surface area (TPSA) is 24.1 Å². The Bertz CT molecular complexity index is 316. The number of hydrogen-bond acceptors (Lipinski definition) is 2. The highest BCUT2D eigenvalue weighted by molar-refractivity contribution is 5.69. The molecule has 1 rings (SSSR count). The molecule has 0 aliphatic heterocycles. The first-order chi connectivity index (χ1) is 6.59. The van der Waals surface area contributed by atoms with Crippen molar-refractivity contribution in [2.45, 2.75) is 19.4 Å². The van der Waals surface area contributed by atoms with Crippen molar-refractivity contribution in [3.63, 3.8) is 0 Å². The number of nitrogens with one attached hydrogen (secondary N) is 2. The van der Waals surface area contributed by atoms with Crippen LogP contribution in [0.1, 0.15) is 13.8 Å². The van der Waals surface area contributed by atoms with Gasteiger partial charge in [-0.25, -0.2) is 0 Å². The van der Waals surface area contributed by atoms with Gasteiger partial charge in [0.05, 0.1) is 11.4 Å². The normalized spacial score (nSPS) is 10.8. The lowest BCUT2D eigenvalue weighted by atomic mass is 10.1. The molecule has 2 nitrogen and oxygen atoms in total. The maximum atomic E-state index is 3.80. The quantitative estimate of drug-likeness (QED) is 0.713. The Kier molecular flexibility index (Phi) is 3.18. The number of hydrogen-bond donors (Lipinski definition) is 2. The largest absolute Gasteiger partial charge is 0.386 e. The molecular formula is C12H18N2. The van der Waals surface area contributed by atoms with Gasteiger partial charge in [0, 0.05) is 12.6 Å². The predicted octanol–water partition coefficient (Wildman–Crippen LogP) is 3.10. The first-order valence-corrected chi connectivity index (χ1v) is 4.77. The van der Waals surface area contributed by atoms with Crippen molar-refractivity contribution in [1.82, 2.24) is 0 Å². The minimum absolute atomic E-state index is 0.0903. The molecular weight excluding hydrogens is 172 g/mol. The van der Waals surface area contributed by atoms with Crippen molar-refractivity contribution in [2.24, 2.45) is 0 Å². The minimum Gasteiger partial charge on any atom is -0.386 e. The molecule has 0 bridgehead atoms. The molecule has 0 unspecified atom stereocenters. The first-order valence-electron chi connectivity index (χ1n) is 4.77. The first kappa shape index (κ1) is 10.6. The molecule has 0 spiro atoms. The van der Waals surface area contributed by atoms with Gasteiger partial charge >= 0.3 is 0 Å². The molecule has 0 atom stereocenters. The second kappa shape index (κ2) is 4.18. The summed E-state index contributed by atoms with van der Waals surface area (Å²) in [4.78, 5) is 0. The van der Waals surface area contributed by atoms with E-state index in [1.54, 1.807) is 0 Å². The second-order valence-electron chi connectivity index (χ2n) is 3.85. The molecule has 0 radical (unpaired) electrons. The monoisotopic (exact) mass is 190 g/mol. The average Bonchev–Trinajstić information content (AvgIpc) is 2.18. The van der Waals surface area contributed by atoms with Crippen LogP contribution in [0.2, 0.25) is 0 Å². The SMILES string of the molecule is C=CC(C)(C)Nc1ccccc1NC. The summed E-state index contributed by atoms with van der Waals surface area (Å²) in [6.45, 7) is 7.98. The van der Waals surface area contributed by atoms with E-state index in [0.29, 0.717) is 0 Å². The van der Waals surface area contributed by atoms with Crippen molar-refractivity contribution in [3.8, 4) is 0 Å². The molecule has 1 aromatic rings. The smallest absolute Gasteiger partial charge is 0.0582 e. The third-order valence-electron chi connectivity index (χ3n) is 2.16. The Hall–Kier alpha value is -1.44. The van der Waals surface area contributed by atoms with E-state index in [0.717, 1.165) is 11.4 Å². The molecule has 2 heteroatoms. The Balaban J connectivity index is 2.90. The molecule has 14 heavy (non-hydrogen) atoms. The van der Waals surface area contributed by atoms with Gasteiger partial charge in [0.1, 0.15) is 0 Å². The Morgan fingerprint density at radius 1 is 1.21 bits per heavy atom. The van der Waals surface area contributed by atoms with Gasteiger partial charge in [0.2, 0.25) is 0 Å². The van der Waals surface area contributed by atoms with Gasteiger partial charge in [-0.1, -0.05) is 18.2 Å². The average molecular weight is 190 g/mol. The molecule has 2 N–H and O–H groups in total. The van der Waals surface area contributed by atoms with Crippen LogP contribution in [-0.2, 0) is 0 Å².